The Morgan fingerprint density at radius 1 is 1.24 bits per heavy atom. The van der Waals surface area contributed by atoms with E-state index in [-0.39, 0.29) is 0 Å². The zero-order valence-electron chi connectivity index (χ0n) is 10.1. The van der Waals surface area contributed by atoms with Gasteiger partial charge >= 0.3 is 0 Å². The second-order valence-corrected chi connectivity index (χ2v) is 4.03. The molecule has 0 spiro atoms. The van der Waals surface area contributed by atoms with Crippen molar-refractivity contribution >= 4 is 0 Å². The molecule has 0 radical (unpaired) electrons. The summed E-state index contributed by atoms with van der Waals surface area (Å²) in [5, 5.41) is 0. The van der Waals surface area contributed by atoms with Gasteiger partial charge in [0.1, 0.15) is 5.75 Å². The van der Waals surface area contributed by atoms with Gasteiger partial charge < -0.3 is 10.5 Å². The van der Waals surface area contributed by atoms with Crippen LogP contribution in [0.2, 0.25) is 0 Å². The van der Waals surface area contributed by atoms with Crippen molar-refractivity contribution in [3.63, 3.8) is 0 Å². The highest BCUT2D eigenvalue weighted by Crippen LogP contribution is 2.25. The minimum absolute atomic E-state index is 0.431. The first-order valence-electron chi connectivity index (χ1n) is 5.60. The lowest BCUT2D eigenvalue weighted by atomic mass is 10.1. The van der Waals surface area contributed by atoms with E-state index < -0.39 is 0 Å². The summed E-state index contributed by atoms with van der Waals surface area (Å²) >= 11 is 0. The molecule has 3 heteroatoms. The summed E-state index contributed by atoms with van der Waals surface area (Å²) in [6.45, 7) is 4.47. The van der Waals surface area contributed by atoms with Crippen molar-refractivity contribution < 1.29 is 4.74 Å². The first-order chi connectivity index (χ1) is 8.20. The minimum atomic E-state index is 0.431. The highest BCUT2D eigenvalue weighted by Gasteiger charge is 2.07. The van der Waals surface area contributed by atoms with Crippen molar-refractivity contribution in [2.75, 3.05) is 0 Å². The van der Waals surface area contributed by atoms with Crippen molar-refractivity contribution in [1.82, 2.24) is 4.98 Å². The summed E-state index contributed by atoms with van der Waals surface area (Å²) < 4.78 is 5.77. The Hall–Kier alpha value is -1.87. The number of rotatable bonds is 3. The first-order valence-corrected chi connectivity index (χ1v) is 5.60. The average Bonchev–Trinajstić information content (AvgIpc) is 2.29. The summed E-state index contributed by atoms with van der Waals surface area (Å²) in [7, 11) is 0. The van der Waals surface area contributed by atoms with E-state index in [0.29, 0.717) is 12.4 Å². The average molecular weight is 228 g/mol. The second kappa shape index (κ2) is 4.97. The molecule has 1 aromatic heterocycles. The largest absolute Gasteiger partial charge is 0.439 e. The summed E-state index contributed by atoms with van der Waals surface area (Å²) in [6, 6.07) is 9.82. The molecule has 0 aliphatic rings. The Balaban J connectivity index is 2.33. The zero-order valence-corrected chi connectivity index (χ0v) is 10.1. The third-order valence-electron chi connectivity index (χ3n) is 2.66. The highest BCUT2D eigenvalue weighted by atomic mass is 16.5. The number of nitrogens with two attached hydrogens (primary N) is 1. The minimum Gasteiger partial charge on any atom is -0.439 e. The van der Waals surface area contributed by atoms with E-state index in [9.17, 15) is 0 Å². The fourth-order valence-corrected chi connectivity index (χ4v) is 1.69. The number of hydrogen-bond acceptors (Lipinski definition) is 3. The third kappa shape index (κ3) is 2.63. The maximum absolute atomic E-state index is 5.77. The molecule has 17 heavy (non-hydrogen) atoms. The molecular weight excluding hydrogens is 212 g/mol. The van der Waals surface area contributed by atoms with Gasteiger partial charge in [0.2, 0.25) is 5.88 Å². The van der Waals surface area contributed by atoms with Crippen molar-refractivity contribution in [2.45, 2.75) is 20.4 Å². The molecule has 88 valence electrons. The van der Waals surface area contributed by atoms with Crippen LogP contribution in [0.3, 0.4) is 0 Å². The van der Waals surface area contributed by atoms with E-state index in [4.69, 9.17) is 10.5 Å². The van der Waals surface area contributed by atoms with E-state index in [0.717, 1.165) is 22.4 Å². The van der Waals surface area contributed by atoms with E-state index in [1.54, 1.807) is 6.20 Å². The molecule has 0 unspecified atom stereocenters. The van der Waals surface area contributed by atoms with E-state index >= 15 is 0 Å². The van der Waals surface area contributed by atoms with Gasteiger partial charge in [-0.15, -0.1) is 0 Å². The number of hydrogen-bond donors (Lipinski definition) is 1. The van der Waals surface area contributed by atoms with Gasteiger partial charge in [0.15, 0.2) is 0 Å². The maximum Gasteiger partial charge on any atom is 0.223 e. The molecule has 0 aliphatic carbocycles. The van der Waals surface area contributed by atoms with Crippen LogP contribution >= 0.6 is 0 Å². The fraction of sp³-hybridized carbons (Fsp3) is 0.214. The van der Waals surface area contributed by atoms with Gasteiger partial charge in [-0.1, -0.05) is 12.1 Å². The van der Waals surface area contributed by atoms with Crippen LogP contribution in [0.5, 0.6) is 11.6 Å². The number of ether oxygens (including phenoxy) is 1. The van der Waals surface area contributed by atoms with Crippen molar-refractivity contribution in [2.24, 2.45) is 5.73 Å². The van der Waals surface area contributed by atoms with E-state index in [1.807, 2.05) is 44.2 Å². The standard InChI is InChI=1S/C14H16N2O/c1-10-4-3-5-12(8-10)17-14-13(9-15)11(2)6-7-16-14/h3-8H,9,15H2,1-2H3. The molecule has 0 saturated carbocycles. The van der Waals surface area contributed by atoms with Gasteiger partial charge in [0.25, 0.3) is 0 Å². The molecule has 2 aromatic rings. The first kappa shape index (κ1) is 11.6. The molecule has 1 heterocycles. The van der Waals surface area contributed by atoms with Crippen molar-refractivity contribution in [1.29, 1.82) is 0 Å². The molecular formula is C14H16N2O. The summed E-state index contributed by atoms with van der Waals surface area (Å²) in [4.78, 5) is 4.23. The van der Waals surface area contributed by atoms with Gasteiger partial charge in [0.05, 0.1) is 0 Å². The Labute approximate surface area is 101 Å². The predicted octanol–water partition coefficient (Wildman–Crippen LogP) is 2.95. The molecule has 0 amide bonds. The topological polar surface area (TPSA) is 48.1 Å². The Bertz CT molecular complexity index is 523. The normalized spacial score (nSPS) is 10.3. The quantitative estimate of drug-likeness (QED) is 0.878. The number of aryl methyl sites for hydroxylation is 2. The second-order valence-electron chi connectivity index (χ2n) is 4.03. The molecule has 0 atom stereocenters. The van der Waals surface area contributed by atoms with E-state index in [2.05, 4.69) is 4.98 Å². The van der Waals surface area contributed by atoms with Gasteiger partial charge in [-0.05, 0) is 43.2 Å². The van der Waals surface area contributed by atoms with Crippen LogP contribution in [0, 0.1) is 13.8 Å². The van der Waals surface area contributed by atoms with Gasteiger partial charge in [-0.2, -0.15) is 0 Å². The van der Waals surface area contributed by atoms with Crippen LogP contribution in [-0.4, -0.2) is 4.98 Å². The van der Waals surface area contributed by atoms with Crippen LogP contribution in [0.15, 0.2) is 36.5 Å². The third-order valence-corrected chi connectivity index (χ3v) is 2.66. The molecule has 2 rings (SSSR count). The lowest BCUT2D eigenvalue weighted by Gasteiger charge is -2.11. The monoisotopic (exact) mass is 228 g/mol. The lowest BCUT2D eigenvalue weighted by molar-refractivity contribution is 0.455. The molecule has 0 fully saturated rings. The molecule has 2 N–H and O–H groups in total. The van der Waals surface area contributed by atoms with Crippen LogP contribution < -0.4 is 10.5 Å². The van der Waals surface area contributed by atoms with Gasteiger partial charge in [-0.25, -0.2) is 4.98 Å². The van der Waals surface area contributed by atoms with Crippen molar-refractivity contribution in [3.05, 3.63) is 53.2 Å². The molecule has 0 aliphatic heterocycles. The SMILES string of the molecule is Cc1cccc(Oc2nccc(C)c2CN)c1. The highest BCUT2D eigenvalue weighted by molar-refractivity contribution is 5.37. The van der Waals surface area contributed by atoms with Crippen LogP contribution in [0.4, 0.5) is 0 Å². The Morgan fingerprint density at radius 3 is 2.76 bits per heavy atom. The predicted molar refractivity (Wildman–Crippen MR) is 68.1 cm³/mol. The van der Waals surface area contributed by atoms with Crippen LogP contribution in [0.1, 0.15) is 16.7 Å². The van der Waals surface area contributed by atoms with E-state index in [1.165, 1.54) is 0 Å². The summed E-state index contributed by atoms with van der Waals surface area (Å²) in [5.41, 5.74) is 8.93. The van der Waals surface area contributed by atoms with Gasteiger partial charge in [-0.3, -0.25) is 0 Å². The number of benzene rings is 1. The van der Waals surface area contributed by atoms with Crippen LogP contribution in [-0.2, 0) is 6.54 Å². The zero-order chi connectivity index (χ0) is 12.3. The number of aromatic nitrogens is 1. The fourth-order valence-electron chi connectivity index (χ4n) is 1.69. The summed E-state index contributed by atoms with van der Waals surface area (Å²) in [5.74, 6) is 1.39. The Morgan fingerprint density at radius 2 is 2.06 bits per heavy atom. The smallest absolute Gasteiger partial charge is 0.223 e. The van der Waals surface area contributed by atoms with Crippen LogP contribution in [0.25, 0.3) is 0 Å². The number of pyridine rings is 1. The molecule has 3 nitrogen and oxygen atoms in total. The lowest BCUT2D eigenvalue weighted by Crippen LogP contribution is -2.03. The molecule has 0 bridgehead atoms. The number of nitrogens with zero attached hydrogens (tertiary/aromatic N) is 1. The summed E-state index contributed by atoms with van der Waals surface area (Å²) in [6.07, 6.45) is 1.74. The maximum atomic E-state index is 5.77. The van der Waals surface area contributed by atoms with Crippen molar-refractivity contribution in [3.8, 4) is 11.6 Å². The Kier molecular flexibility index (Phi) is 3.40. The van der Waals surface area contributed by atoms with Gasteiger partial charge in [0, 0.05) is 18.3 Å². The molecule has 1 aromatic carbocycles. The molecule has 0 saturated heterocycles.